The number of nitrogens with one attached hydrogen (secondary N) is 1. The molecule has 1 amide bonds. The predicted octanol–water partition coefficient (Wildman–Crippen LogP) is 2.39. The number of anilines is 2. The van der Waals surface area contributed by atoms with Crippen LogP contribution in [0.25, 0.3) is 0 Å². The molecule has 0 bridgehead atoms. The zero-order chi connectivity index (χ0) is 21.9. The number of amides is 1. The van der Waals surface area contributed by atoms with Gasteiger partial charge in [-0.15, -0.1) is 0 Å². The van der Waals surface area contributed by atoms with Crippen molar-refractivity contribution in [1.29, 1.82) is 0 Å². The average molecular weight is 431 g/mol. The summed E-state index contributed by atoms with van der Waals surface area (Å²) in [6.07, 6.45) is 0. The molecule has 0 aromatic heterocycles. The van der Waals surface area contributed by atoms with E-state index in [2.05, 4.69) is 42.0 Å². The number of nitrogens with two attached hydrogens (primary N) is 1. The van der Waals surface area contributed by atoms with Crippen LogP contribution < -0.4 is 15.4 Å². The first-order valence-corrected chi connectivity index (χ1v) is 11.6. The zero-order valence-corrected chi connectivity index (χ0v) is 18.6. The van der Waals surface area contributed by atoms with E-state index in [-0.39, 0.29) is 16.2 Å². The third-order valence-corrected chi connectivity index (χ3v) is 6.21. The number of rotatable bonds is 5. The minimum absolute atomic E-state index is 0.0161. The van der Waals surface area contributed by atoms with Crippen LogP contribution in [-0.2, 0) is 20.2 Å². The highest BCUT2D eigenvalue weighted by Gasteiger charge is 2.22. The summed E-state index contributed by atoms with van der Waals surface area (Å²) in [5.74, 6) is -0.0161. The van der Waals surface area contributed by atoms with E-state index in [4.69, 9.17) is 5.14 Å². The molecule has 162 valence electrons. The van der Waals surface area contributed by atoms with Gasteiger partial charge < -0.3 is 10.2 Å². The second-order valence-corrected chi connectivity index (χ2v) is 10.2. The highest BCUT2D eigenvalue weighted by atomic mass is 32.2. The highest BCUT2D eigenvalue weighted by molar-refractivity contribution is 7.89. The van der Waals surface area contributed by atoms with E-state index in [1.807, 2.05) is 18.2 Å². The van der Waals surface area contributed by atoms with Crippen LogP contribution in [0.1, 0.15) is 26.3 Å². The van der Waals surface area contributed by atoms with Gasteiger partial charge >= 0.3 is 0 Å². The minimum atomic E-state index is -3.68. The lowest BCUT2D eigenvalue weighted by Gasteiger charge is -2.35. The minimum Gasteiger partial charge on any atom is -0.369 e. The molecule has 30 heavy (non-hydrogen) atoms. The Balaban J connectivity index is 1.54. The SMILES string of the molecule is CC(C)(C)c1ccccc1NC(=O)CN1CCN(c2ccc(S(N)(=O)=O)cc2)CC1. The number of hydrogen-bond donors (Lipinski definition) is 2. The number of carbonyl (C=O) groups is 1. The molecule has 3 rings (SSSR count). The molecule has 1 fully saturated rings. The molecule has 3 N–H and O–H groups in total. The van der Waals surface area contributed by atoms with Crippen molar-refractivity contribution < 1.29 is 13.2 Å². The van der Waals surface area contributed by atoms with Crippen molar-refractivity contribution in [1.82, 2.24) is 4.90 Å². The fraction of sp³-hybridized carbons (Fsp3) is 0.409. The molecule has 1 aliphatic rings. The number of piperazine rings is 1. The lowest BCUT2D eigenvalue weighted by molar-refractivity contribution is -0.117. The predicted molar refractivity (Wildman–Crippen MR) is 120 cm³/mol. The van der Waals surface area contributed by atoms with Crippen LogP contribution >= 0.6 is 0 Å². The Hall–Kier alpha value is -2.42. The van der Waals surface area contributed by atoms with Crippen LogP contribution in [0.4, 0.5) is 11.4 Å². The molecule has 0 aliphatic carbocycles. The van der Waals surface area contributed by atoms with Crippen molar-refractivity contribution in [2.45, 2.75) is 31.1 Å². The third-order valence-electron chi connectivity index (χ3n) is 5.28. The molecule has 1 saturated heterocycles. The first-order valence-electron chi connectivity index (χ1n) is 10.0. The maximum absolute atomic E-state index is 12.6. The number of benzene rings is 2. The first kappa shape index (κ1) is 22.3. The second-order valence-electron chi connectivity index (χ2n) is 8.65. The molecule has 8 heteroatoms. The van der Waals surface area contributed by atoms with Gasteiger partial charge in [-0.25, -0.2) is 13.6 Å². The zero-order valence-electron chi connectivity index (χ0n) is 17.8. The van der Waals surface area contributed by atoms with Gasteiger partial charge in [-0.05, 0) is 41.3 Å². The van der Waals surface area contributed by atoms with Crippen molar-refractivity contribution in [3.8, 4) is 0 Å². The van der Waals surface area contributed by atoms with Gasteiger partial charge in [0.2, 0.25) is 15.9 Å². The molecule has 1 heterocycles. The van der Waals surface area contributed by atoms with E-state index >= 15 is 0 Å². The standard InChI is InChI=1S/C22H30N4O3S/c1-22(2,3)19-6-4-5-7-20(19)24-21(27)16-25-12-14-26(15-13-25)17-8-10-18(11-9-17)30(23,28)29/h4-11H,12-16H2,1-3H3,(H,24,27)(H2,23,28,29). The molecular weight excluding hydrogens is 400 g/mol. The smallest absolute Gasteiger partial charge is 0.238 e. The average Bonchev–Trinajstić information content (AvgIpc) is 2.67. The van der Waals surface area contributed by atoms with E-state index < -0.39 is 10.0 Å². The second kappa shape index (κ2) is 8.75. The topological polar surface area (TPSA) is 95.7 Å². The van der Waals surface area contributed by atoms with E-state index in [9.17, 15) is 13.2 Å². The van der Waals surface area contributed by atoms with E-state index in [0.29, 0.717) is 6.54 Å². The number of carbonyl (C=O) groups excluding carboxylic acids is 1. The fourth-order valence-electron chi connectivity index (χ4n) is 3.65. The maximum atomic E-state index is 12.6. The lowest BCUT2D eigenvalue weighted by Crippen LogP contribution is -2.48. The summed E-state index contributed by atoms with van der Waals surface area (Å²) in [6.45, 7) is 9.78. The van der Waals surface area contributed by atoms with Gasteiger partial charge in [-0.2, -0.15) is 0 Å². The normalized spacial score (nSPS) is 15.8. The molecule has 2 aromatic carbocycles. The Bertz CT molecular complexity index is 990. The number of primary sulfonamides is 1. The molecule has 0 unspecified atom stereocenters. The van der Waals surface area contributed by atoms with Gasteiger partial charge in [-0.3, -0.25) is 9.69 Å². The fourth-order valence-corrected chi connectivity index (χ4v) is 4.17. The Labute approximate surface area is 178 Å². The van der Waals surface area contributed by atoms with E-state index in [1.54, 1.807) is 12.1 Å². The Morgan fingerprint density at radius 2 is 1.60 bits per heavy atom. The van der Waals surface area contributed by atoms with Crippen LogP contribution in [0.2, 0.25) is 0 Å². The van der Waals surface area contributed by atoms with Gasteiger partial charge in [0.15, 0.2) is 0 Å². The van der Waals surface area contributed by atoms with E-state index in [1.165, 1.54) is 12.1 Å². The summed E-state index contributed by atoms with van der Waals surface area (Å²) in [5, 5.41) is 8.22. The molecule has 2 aromatic rings. The van der Waals surface area contributed by atoms with Crippen molar-refractivity contribution in [2.24, 2.45) is 5.14 Å². The molecule has 7 nitrogen and oxygen atoms in total. The number of sulfonamides is 1. The number of nitrogens with zero attached hydrogens (tertiary/aromatic N) is 2. The monoisotopic (exact) mass is 430 g/mol. The highest BCUT2D eigenvalue weighted by Crippen LogP contribution is 2.29. The quantitative estimate of drug-likeness (QED) is 0.759. The summed E-state index contributed by atoms with van der Waals surface area (Å²) >= 11 is 0. The van der Waals surface area contributed by atoms with Crippen LogP contribution in [-0.4, -0.2) is 51.9 Å². The lowest BCUT2D eigenvalue weighted by atomic mass is 9.86. The van der Waals surface area contributed by atoms with Crippen LogP contribution in [0.5, 0.6) is 0 Å². The largest absolute Gasteiger partial charge is 0.369 e. The first-order chi connectivity index (χ1) is 14.0. The summed E-state index contributed by atoms with van der Waals surface area (Å²) in [4.78, 5) is 17.0. The van der Waals surface area contributed by atoms with Gasteiger partial charge in [0.25, 0.3) is 0 Å². The van der Waals surface area contributed by atoms with Crippen LogP contribution in [0.15, 0.2) is 53.4 Å². The summed E-state index contributed by atoms with van der Waals surface area (Å²) in [7, 11) is -3.68. The maximum Gasteiger partial charge on any atom is 0.238 e. The van der Waals surface area contributed by atoms with Crippen molar-refractivity contribution in [2.75, 3.05) is 42.9 Å². The van der Waals surface area contributed by atoms with Crippen molar-refractivity contribution >= 4 is 27.3 Å². The molecule has 0 saturated carbocycles. The van der Waals surface area contributed by atoms with Crippen molar-refractivity contribution in [3.63, 3.8) is 0 Å². The van der Waals surface area contributed by atoms with Gasteiger partial charge in [0, 0.05) is 37.6 Å². The Morgan fingerprint density at radius 1 is 1.00 bits per heavy atom. The van der Waals surface area contributed by atoms with Gasteiger partial charge in [0.05, 0.1) is 11.4 Å². The Kier molecular flexibility index (Phi) is 6.50. The third kappa shape index (κ3) is 5.59. The van der Waals surface area contributed by atoms with Gasteiger partial charge in [-0.1, -0.05) is 39.0 Å². The van der Waals surface area contributed by atoms with Gasteiger partial charge in [0.1, 0.15) is 0 Å². The molecule has 0 radical (unpaired) electrons. The number of hydrogen-bond acceptors (Lipinski definition) is 5. The summed E-state index contributed by atoms with van der Waals surface area (Å²) in [6, 6.07) is 14.5. The van der Waals surface area contributed by atoms with Crippen molar-refractivity contribution in [3.05, 3.63) is 54.1 Å². The molecular formula is C22H30N4O3S. The van der Waals surface area contributed by atoms with E-state index in [0.717, 1.165) is 43.1 Å². The number of para-hydroxylation sites is 1. The summed E-state index contributed by atoms with van der Waals surface area (Å²) in [5.41, 5.74) is 2.88. The molecule has 0 spiro atoms. The van der Waals surface area contributed by atoms with Crippen LogP contribution in [0.3, 0.4) is 0 Å². The van der Waals surface area contributed by atoms with Crippen LogP contribution in [0, 0.1) is 0 Å². The molecule has 1 aliphatic heterocycles. The Morgan fingerprint density at radius 3 is 2.17 bits per heavy atom. The summed E-state index contributed by atoms with van der Waals surface area (Å²) < 4.78 is 22.8. The molecule has 0 atom stereocenters.